The number of anilines is 1. The molecular formula is C28H31N8O4+. The van der Waals surface area contributed by atoms with E-state index in [2.05, 4.69) is 42.8 Å². The lowest BCUT2D eigenvalue weighted by Gasteiger charge is -2.16. The molecule has 0 saturated heterocycles. The van der Waals surface area contributed by atoms with E-state index in [1.165, 1.54) is 12.4 Å². The highest BCUT2D eigenvalue weighted by Gasteiger charge is 2.30. The van der Waals surface area contributed by atoms with Gasteiger partial charge in [0.25, 0.3) is 11.8 Å². The predicted octanol–water partition coefficient (Wildman–Crippen LogP) is 2.39. The van der Waals surface area contributed by atoms with E-state index in [-0.39, 0.29) is 25.4 Å². The second-order valence-electron chi connectivity index (χ2n) is 8.30. The van der Waals surface area contributed by atoms with E-state index in [1.807, 2.05) is 12.1 Å². The zero-order chi connectivity index (χ0) is 28.0. The molecule has 40 heavy (non-hydrogen) atoms. The van der Waals surface area contributed by atoms with Crippen molar-refractivity contribution in [3.63, 3.8) is 0 Å². The molecule has 0 bridgehead atoms. The second-order valence-corrected chi connectivity index (χ2v) is 8.30. The van der Waals surface area contributed by atoms with Crippen molar-refractivity contribution in [3.05, 3.63) is 95.3 Å². The Hall–Kier alpha value is -5.21. The number of carbonyl (C=O) groups is 3. The number of pyridine rings is 1. The van der Waals surface area contributed by atoms with Crippen molar-refractivity contribution in [1.82, 2.24) is 26.0 Å². The summed E-state index contributed by atoms with van der Waals surface area (Å²) in [6.45, 7) is 2.18. The summed E-state index contributed by atoms with van der Waals surface area (Å²) < 4.78 is 0. The molecule has 0 aliphatic carbocycles. The van der Waals surface area contributed by atoms with Gasteiger partial charge in [-0.25, -0.2) is 5.48 Å². The first-order chi connectivity index (χ1) is 18.9. The van der Waals surface area contributed by atoms with Gasteiger partial charge in [-0.05, 0) is 67.1 Å². The Morgan fingerprint density at radius 1 is 1.05 bits per heavy atom. The zero-order valence-corrected chi connectivity index (χ0v) is 21.0. The van der Waals surface area contributed by atoms with Crippen molar-refractivity contribution in [3.8, 4) is 11.8 Å². The smallest absolute Gasteiger partial charge is 0.268 e. The van der Waals surface area contributed by atoms with Gasteiger partial charge in [0.05, 0.1) is 6.54 Å². The van der Waals surface area contributed by atoms with E-state index >= 15 is 0 Å². The molecular weight excluding hydrogens is 512 g/mol. The first kappa shape index (κ1) is 31.0. The molecule has 1 heterocycles. The molecule has 0 saturated carbocycles. The Bertz CT molecular complexity index is 1390. The van der Waals surface area contributed by atoms with Gasteiger partial charge in [-0.15, -0.1) is 0 Å². The molecule has 0 aliphatic heterocycles. The number of rotatable bonds is 10. The summed E-state index contributed by atoms with van der Waals surface area (Å²) in [6, 6.07) is 15.2. The summed E-state index contributed by atoms with van der Waals surface area (Å²) in [7, 11) is 0. The highest BCUT2D eigenvalue weighted by atomic mass is 16.5. The number of hydrogen-bond acceptors (Lipinski definition) is 8. The number of carbonyl (C=O) groups excluding carboxylic acids is 3. The fourth-order valence-corrected chi connectivity index (χ4v) is 3.37. The van der Waals surface area contributed by atoms with Crippen molar-refractivity contribution in [2.24, 2.45) is 5.11 Å². The minimum Gasteiger partial charge on any atom is -0.338 e. The maximum absolute atomic E-state index is 12.5. The zero-order valence-electron chi connectivity index (χ0n) is 21.0. The van der Waals surface area contributed by atoms with Gasteiger partial charge in [0.1, 0.15) is 16.7 Å². The molecule has 0 unspecified atom stereocenters. The third kappa shape index (κ3) is 9.59. The summed E-state index contributed by atoms with van der Waals surface area (Å²) in [5.74, 6) is 4.41. The van der Waals surface area contributed by atoms with Gasteiger partial charge in [0.2, 0.25) is 10.8 Å². The fraction of sp³-hybridized carbons (Fsp3) is 0.214. The molecule has 2 aromatic carbocycles. The Labute approximate surface area is 231 Å². The molecule has 6 N–H and O–H groups in total. The van der Waals surface area contributed by atoms with Crippen molar-refractivity contribution in [2.75, 3.05) is 11.9 Å². The van der Waals surface area contributed by atoms with Gasteiger partial charge < -0.3 is 16.0 Å². The number of amides is 3. The van der Waals surface area contributed by atoms with Crippen LogP contribution in [0.15, 0.2) is 78.2 Å². The van der Waals surface area contributed by atoms with Crippen LogP contribution in [0.5, 0.6) is 0 Å². The van der Waals surface area contributed by atoms with E-state index in [9.17, 15) is 14.4 Å². The standard InChI is InChI=1S/C27H26N8O4.CH4/c1-18(33-35-28)25(27(38)34-39)32-26(37)22-10-6-19(7-11-22)4-5-20-8-12-23(13-9-20)31-24(36)17-30-16-21-3-2-14-29-15-21;/h2-3,6-15,18,25,28,30H,16-17H2,1H3,(H3-,31,32,34,36,37,38,39);1H4/p+1/t18-,25+;/m1./s1. The number of hydroxylamine groups is 1. The van der Waals surface area contributed by atoms with Crippen LogP contribution in [0, 0.1) is 17.4 Å². The third-order valence-corrected chi connectivity index (χ3v) is 5.41. The molecule has 2 atom stereocenters. The van der Waals surface area contributed by atoms with Crippen LogP contribution in [0.25, 0.3) is 0 Å². The molecule has 3 rings (SSSR count). The van der Waals surface area contributed by atoms with Crippen molar-refractivity contribution >= 4 is 23.4 Å². The lowest BCUT2D eigenvalue weighted by atomic mass is 10.1. The molecule has 12 heteroatoms. The molecule has 0 spiro atoms. The molecule has 3 amide bonds. The lowest BCUT2D eigenvalue weighted by Crippen LogP contribution is -2.51. The Morgan fingerprint density at radius 3 is 2.27 bits per heavy atom. The van der Waals surface area contributed by atoms with Gasteiger partial charge in [-0.2, -0.15) is 0 Å². The Balaban J connectivity index is 0.00000560. The Kier molecular flexibility index (Phi) is 12.3. The highest BCUT2D eigenvalue weighted by Crippen LogP contribution is 2.10. The van der Waals surface area contributed by atoms with E-state index < -0.39 is 23.9 Å². The SMILES string of the molecule is C.C[C@@H](N=[N+]=N)[C@H](NC(=O)c1ccc(C#Cc2ccc(NC(=O)CNCc3cccnc3)cc2)cc1)C(=O)NO. The van der Waals surface area contributed by atoms with Crippen LogP contribution in [0.4, 0.5) is 5.69 Å². The predicted molar refractivity (Wildman–Crippen MR) is 148 cm³/mol. The monoisotopic (exact) mass is 543 g/mol. The third-order valence-electron chi connectivity index (χ3n) is 5.41. The number of benzene rings is 2. The molecule has 12 nitrogen and oxygen atoms in total. The molecule has 0 aliphatic rings. The van der Waals surface area contributed by atoms with Crippen LogP contribution in [0.1, 0.15) is 41.4 Å². The summed E-state index contributed by atoms with van der Waals surface area (Å²) in [5, 5.41) is 20.8. The Morgan fingerprint density at radius 2 is 1.70 bits per heavy atom. The summed E-state index contributed by atoms with van der Waals surface area (Å²) >= 11 is 0. The first-order valence-corrected chi connectivity index (χ1v) is 11.8. The number of nitrogens with one attached hydrogen (secondary N) is 5. The van der Waals surface area contributed by atoms with E-state index in [1.54, 1.807) is 60.9 Å². The second kappa shape index (κ2) is 15.9. The number of aromatic nitrogens is 1. The van der Waals surface area contributed by atoms with E-state index in [0.29, 0.717) is 17.8 Å². The average molecular weight is 544 g/mol. The van der Waals surface area contributed by atoms with Gasteiger partial charge >= 0.3 is 0 Å². The van der Waals surface area contributed by atoms with Crippen LogP contribution in [-0.4, -0.2) is 46.5 Å². The quantitative estimate of drug-likeness (QED) is 0.0750. The number of nitrogens with zero attached hydrogens (tertiary/aromatic N) is 3. The van der Waals surface area contributed by atoms with Gasteiger partial charge in [-0.3, -0.25) is 24.6 Å². The summed E-state index contributed by atoms with van der Waals surface area (Å²) in [4.78, 5) is 43.5. The maximum Gasteiger partial charge on any atom is 0.268 e. The largest absolute Gasteiger partial charge is 0.338 e. The number of hydrogen-bond donors (Lipinski definition) is 6. The molecule has 3 aromatic rings. The summed E-state index contributed by atoms with van der Waals surface area (Å²) in [5.41, 5.74) is 11.6. The maximum atomic E-state index is 12.5. The van der Waals surface area contributed by atoms with Gasteiger partial charge in [-0.1, -0.05) is 25.3 Å². The highest BCUT2D eigenvalue weighted by molar-refractivity contribution is 5.97. The average Bonchev–Trinajstić information content (AvgIpc) is 2.96. The van der Waals surface area contributed by atoms with Crippen LogP contribution in [0.3, 0.4) is 0 Å². The first-order valence-electron chi connectivity index (χ1n) is 11.8. The van der Waals surface area contributed by atoms with Crippen molar-refractivity contribution in [2.45, 2.75) is 33.0 Å². The van der Waals surface area contributed by atoms with Crippen LogP contribution in [-0.2, 0) is 16.1 Å². The molecule has 206 valence electrons. The van der Waals surface area contributed by atoms with Crippen LogP contribution in [0.2, 0.25) is 0 Å². The normalized spacial score (nSPS) is 11.2. The fourth-order valence-electron chi connectivity index (χ4n) is 3.37. The van der Waals surface area contributed by atoms with Crippen molar-refractivity contribution < 1.29 is 19.6 Å². The minimum atomic E-state index is -1.22. The van der Waals surface area contributed by atoms with Crippen LogP contribution < -0.4 is 26.3 Å². The van der Waals surface area contributed by atoms with Crippen LogP contribution >= 0.6 is 0 Å². The van der Waals surface area contributed by atoms with Gasteiger partial charge in [0, 0.05) is 41.3 Å². The molecule has 0 fully saturated rings. The van der Waals surface area contributed by atoms with E-state index in [4.69, 9.17) is 10.7 Å². The topological polar surface area (TPSA) is 183 Å². The minimum absolute atomic E-state index is 0. The van der Waals surface area contributed by atoms with E-state index in [0.717, 1.165) is 11.1 Å². The molecule has 1 aromatic heterocycles. The molecule has 0 radical (unpaired) electrons. The van der Waals surface area contributed by atoms with Crippen molar-refractivity contribution in [1.29, 1.82) is 5.53 Å². The van der Waals surface area contributed by atoms with Gasteiger partial charge in [0.15, 0.2) is 6.04 Å². The lowest BCUT2D eigenvalue weighted by molar-refractivity contribution is -0.131. The summed E-state index contributed by atoms with van der Waals surface area (Å²) in [6.07, 6.45) is 3.44.